The number of nitrogens with zero attached hydrogens (tertiary/aromatic N) is 2. The first-order chi connectivity index (χ1) is 18.3. The molecule has 6 nitrogen and oxygen atoms in total. The average molecular weight is 539 g/mol. The Morgan fingerprint density at radius 1 is 1.24 bits per heavy atom. The van der Waals surface area contributed by atoms with E-state index in [1.165, 1.54) is 6.07 Å². The van der Waals surface area contributed by atoms with E-state index in [0.29, 0.717) is 41.6 Å². The zero-order valence-electron chi connectivity index (χ0n) is 21.4. The molecule has 1 aromatic heterocycles. The average Bonchev–Trinajstić information content (AvgIpc) is 2.91. The molecule has 1 unspecified atom stereocenters. The highest BCUT2D eigenvalue weighted by Gasteiger charge is 2.30. The number of hydrogen-bond acceptors (Lipinski definition) is 5. The van der Waals surface area contributed by atoms with E-state index in [9.17, 15) is 19.4 Å². The number of hydrogen-bond donors (Lipinski definition) is 2. The SMILES string of the molecule is COc1ccc2nccc(C(O)CC[C@@H]3CCN(CC#Cc4ccc(Cl)cc4F)C[C@@H]3CCC(=O)O)c2c1. The highest BCUT2D eigenvalue weighted by atomic mass is 35.5. The number of aliphatic hydroxyl groups excluding tert-OH is 1. The number of methoxy groups -OCH3 is 1. The molecule has 2 aromatic carbocycles. The number of carboxylic acids is 1. The maximum absolute atomic E-state index is 14.0. The lowest BCUT2D eigenvalue weighted by atomic mass is 9.79. The van der Waals surface area contributed by atoms with Gasteiger partial charge in [0, 0.05) is 29.6 Å². The Bertz CT molecular complexity index is 1340. The number of benzene rings is 2. The second kappa shape index (κ2) is 13.1. The van der Waals surface area contributed by atoms with Gasteiger partial charge in [0.1, 0.15) is 11.6 Å². The molecule has 0 aliphatic carbocycles. The first-order valence-electron chi connectivity index (χ1n) is 12.8. The molecule has 0 saturated carbocycles. The molecule has 4 rings (SSSR count). The van der Waals surface area contributed by atoms with Gasteiger partial charge in [0.25, 0.3) is 0 Å². The van der Waals surface area contributed by atoms with Crippen LogP contribution in [0.15, 0.2) is 48.7 Å². The van der Waals surface area contributed by atoms with Crippen molar-refractivity contribution in [3.63, 3.8) is 0 Å². The number of aromatic nitrogens is 1. The number of carboxylic acid groups (broad SMARTS) is 1. The summed E-state index contributed by atoms with van der Waals surface area (Å²) in [5.41, 5.74) is 1.93. The van der Waals surface area contributed by atoms with Crippen LogP contribution < -0.4 is 4.74 Å². The molecule has 1 saturated heterocycles. The van der Waals surface area contributed by atoms with E-state index in [0.717, 1.165) is 42.4 Å². The Labute approximate surface area is 227 Å². The van der Waals surface area contributed by atoms with Gasteiger partial charge in [-0.2, -0.15) is 0 Å². The lowest BCUT2D eigenvalue weighted by molar-refractivity contribution is -0.137. The normalized spacial score (nSPS) is 18.5. The van der Waals surface area contributed by atoms with Gasteiger partial charge in [-0.15, -0.1) is 0 Å². The van der Waals surface area contributed by atoms with Crippen molar-refractivity contribution in [2.24, 2.45) is 11.8 Å². The summed E-state index contributed by atoms with van der Waals surface area (Å²) in [4.78, 5) is 17.9. The van der Waals surface area contributed by atoms with Crippen LogP contribution in [-0.4, -0.2) is 52.8 Å². The number of rotatable bonds is 9. The van der Waals surface area contributed by atoms with Crippen LogP contribution >= 0.6 is 11.6 Å². The molecule has 38 heavy (non-hydrogen) atoms. The van der Waals surface area contributed by atoms with Crippen molar-refractivity contribution in [1.82, 2.24) is 9.88 Å². The quantitative estimate of drug-likeness (QED) is 0.340. The van der Waals surface area contributed by atoms with Gasteiger partial charge in [-0.25, -0.2) is 4.39 Å². The molecule has 1 fully saturated rings. The molecule has 2 N–H and O–H groups in total. The van der Waals surface area contributed by atoms with Gasteiger partial charge in [-0.1, -0.05) is 23.4 Å². The fraction of sp³-hybridized carbons (Fsp3) is 0.400. The summed E-state index contributed by atoms with van der Waals surface area (Å²) in [5, 5.41) is 21.6. The van der Waals surface area contributed by atoms with Crippen LogP contribution in [-0.2, 0) is 4.79 Å². The lowest BCUT2D eigenvalue weighted by Crippen LogP contribution is -2.41. The first-order valence-corrected chi connectivity index (χ1v) is 13.2. The van der Waals surface area contributed by atoms with Crippen LogP contribution in [0.3, 0.4) is 0 Å². The molecule has 1 aliphatic rings. The Morgan fingerprint density at radius 3 is 2.84 bits per heavy atom. The zero-order valence-corrected chi connectivity index (χ0v) is 22.1. The fourth-order valence-electron chi connectivity index (χ4n) is 5.24. The Kier molecular flexibility index (Phi) is 9.57. The van der Waals surface area contributed by atoms with Crippen molar-refractivity contribution < 1.29 is 24.1 Å². The maximum atomic E-state index is 14.0. The molecule has 0 bridgehead atoms. The molecular formula is C30H32ClFN2O4. The van der Waals surface area contributed by atoms with Crippen LogP contribution in [0.4, 0.5) is 4.39 Å². The van der Waals surface area contributed by atoms with Crippen molar-refractivity contribution in [3.8, 4) is 17.6 Å². The summed E-state index contributed by atoms with van der Waals surface area (Å²) < 4.78 is 19.4. The van der Waals surface area contributed by atoms with Crippen LogP contribution in [0, 0.1) is 29.5 Å². The summed E-state index contributed by atoms with van der Waals surface area (Å²) in [6.07, 6.45) is 3.97. The number of aliphatic carboxylic acids is 1. The maximum Gasteiger partial charge on any atom is 0.303 e. The largest absolute Gasteiger partial charge is 0.497 e. The zero-order chi connectivity index (χ0) is 27.1. The molecule has 8 heteroatoms. The fourth-order valence-corrected chi connectivity index (χ4v) is 5.40. The molecular weight excluding hydrogens is 507 g/mol. The molecule has 200 valence electrons. The molecule has 3 aromatic rings. The summed E-state index contributed by atoms with van der Waals surface area (Å²) in [5.74, 6) is 5.86. The van der Waals surface area contributed by atoms with Gasteiger partial charge >= 0.3 is 5.97 Å². The minimum Gasteiger partial charge on any atom is -0.497 e. The highest BCUT2D eigenvalue weighted by molar-refractivity contribution is 6.30. The van der Waals surface area contributed by atoms with Crippen LogP contribution in [0.25, 0.3) is 10.9 Å². The highest BCUT2D eigenvalue weighted by Crippen LogP contribution is 2.35. The number of likely N-dealkylation sites (tertiary alicyclic amines) is 1. The number of fused-ring (bicyclic) bond motifs is 1. The molecule has 1 aliphatic heterocycles. The third-order valence-corrected chi connectivity index (χ3v) is 7.55. The summed E-state index contributed by atoms with van der Waals surface area (Å²) in [7, 11) is 1.61. The summed E-state index contributed by atoms with van der Waals surface area (Å²) in [6, 6.07) is 11.9. The van der Waals surface area contributed by atoms with Crippen molar-refractivity contribution >= 4 is 28.5 Å². The summed E-state index contributed by atoms with van der Waals surface area (Å²) in [6.45, 7) is 2.02. The van der Waals surface area contributed by atoms with Gasteiger partial charge in [0.2, 0.25) is 0 Å². The molecule has 0 spiro atoms. The third-order valence-electron chi connectivity index (χ3n) is 7.31. The second-order valence-electron chi connectivity index (χ2n) is 9.78. The molecule has 2 heterocycles. The number of aliphatic hydroxyl groups is 1. The number of piperidine rings is 1. The van der Waals surface area contributed by atoms with E-state index in [-0.39, 0.29) is 12.3 Å². The lowest BCUT2D eigenvalue weighted by Gasteiger charge is -2.38. The van der Waals surface area contributed by atoms with Crippen molar-refractivity contribution in [2.45, 2.75) is 38.2 Å². The monoisotopic (exact) mass is 538 g/mol. The predicted molar refractivity (Wildman–Crippen MR) is 146 cm³/mol. The minimum absolute atomic E-state index is 0.105. The minimum atomic E-state index is -0.809. The van der Waals surface area contributed by atoms with E-state index < -0.39 is 17.9 Å². The summed E-state index contributed by atoms with van der Waals surface area (Å²) >= 11 is 5.81. The van der Waals surface area contributed by atoms with Crippen LogP contribution in [0.5, 0.6) is 5.75 Å². The van der Waals surface area contributed by atoms with Crippen molar-refractivity contribution in [3.05, 3.63) is 70.6 Å². The number of halogens is 2. The standard InChI is InChI=1S/C30H32ClFN2O4/c1-38-24-8-9-28-26(18-24)25(12-14-33-28)29(35)10-5-20-13-16-34(19-22(20)6-11-30(36)37)15-2-3-21-4-7-23(31)17-27(21)32/h4,7-9,12,14,17-18,20,22,29,35H,5-6,10-11,13,15-16,19H2,1H3,(H,36,37)/t20-,22+,29?/m1/s1. The van der Waals surface area contributed by atoms with E-state index >= 15 is 0 Å². The molecule has 3 atom stereocenters. The predicted octanol–water partition coefficient (Wildman–Crippen LogP) is 5.70. The van der Waals surface area contributed by atoms with E-state index in [1.54, 1.807) is 25.4 Å². The van der Waals surface area contributed by atoms with Gasteiger partial charge < -0.3 is 14.9 Å². The van der Waals surface area contributed by atoms with Crippen LogP contribution in [0.2, 0.25) is 5.02 Å². The molecule has 0 radical (unpaired) electrons. The smallest absolute Gasteiger partial charge is 0.303 e. The second-order valence-corrected chi connectivity index (χ2v) is 10.2. The van der Waals surface area contributed by atoms with E-state index in [4.69, 9.17) is 16.3 Å². The first kappa shape index (κ1) is 27.8. The number of pyridine rings is 1. The van der Waals surface area contributed by atoms with Gasteiger partial charge in [0.15, 0.2) is 0 Å². The van der Waals surface area contributed by atoms with Crippen molar-refractivity contribution in [2.75, 3.05) is 26.7 Å². The Morgan fingerprint density at radius 2 is 2.08 bits per heavy atom. The topological polar surface area (TPSA) is 82.9 Å². The Balaban J connectivity index is 1.40. The van der Waals surface area contributed by atoms with Crippen LogP contribution in [0.1, 0.15) is 49.3 Å². The molecule has 0 amide bonds. The van der Waals surface area contributed by atoms with Gasteiger partial charge in [-0.3, -0.25) is 14.7 Å². The third kappa shape index (κ3) is 7.22. The Hall–Kier alpha value is -3.18. The van der Waals surface area contributed by atoms with E-state index in [2.05, 4.69) is 21.7 Å². The van der Waals surface area contributed by atoms with Gasteiger partial charge in [0.05, 0.1) is 30.8 Å². The number of carbonyl (C=O) groups is 1. The van der Waals surface area contributed by atoms with Gasteiger partial charge in [-0.05, 0) is 92.1 Å². The number of ether oxygens (including phenoxy) is 1. The van der Waals surface area contributed by atoms with Crippen molar-refractivity contribution in [1.29, 1.82) is 0 Å². The van der Waals surface area contributed by atoms with E-state index in [1.807, 2.05) is 24.3 Å².